The SMILES string of the molecule is CC.CCCCC[C@H]1CCC2[C@@H]3CCC4C[C@@](C)(O)CCC4(C)[C@H]3CCC21C.OC1CC1. The summed E-state index contributed by atoms with van der Waals surface area (Å²) in [6.07, 6.45) is 20.2. The minimum Gasteiger partial charge on any atom is -0.393 e. The molecular formula is C30H56O2. The molecule has 0 aromatic rings. The van der Waals surface area contributed by atoms with Crippen LogP contribution in [0.2, 0.25) is 0 Å². The summed E-state index contributed by atoms with van der Waals surface area (Å²) in [7, 11) is 0. The highest BCUT2D eigenvalue weighted by molar-refractivity contribution is 5.10. The van der Waals surface area contributed by atoms with Crippen molar-refractivity contribution < 1.29 is 10.2 Å². The third-order valence-electron chi connectivity index (χ3n) is 10.9. The predicted octanol–water partition coefficient (Wildman–Crippen LogP) is 8.14. The highest BCUT2D eigenvalue weighted by Crippen LogP contribution is 2.68. The van der Waals surface area contributed by atoms with Crippen LogP contribution in [0.15, 0.2) is 0 Å². The number of hydrogen-bond donors (Lipinski definition) is 2. The average molecular weight is 449 g/mol. The lowest BCUT2D eigenvalue weighted by atomic mass is 9.44. The fourth-order valence-corrected chi connectivity index (χ4v) is 8.73. The van der Waals surface area contributed by atoms with Crippen LogP contribution in [0.1, 0.15) is 138 Å². The van der Waals surface area contributed by atoms with E-state index in [9.17, 15) is 5.11 Å². The highest BCUT2D eigenvalue weighted by Gasteiger charge is 2.60. The quantitative estimate of drug-likeness (QED) is 0.426. The molecular weight excluding hydrogens is 392 g/mol. The van der Waals surface area contributed by atoms with Crippen LogP contribution in [-0.2, 0) is 0 Å². The molecule has 2 heteroatoms. The van der Waals surface area contributed by atoms with Gasteiger partial charge in [0.15, 0.2) is 0 Å². The van der Waals surface area contributed by atoms with Crippen LogP contribution >= 0.6 is 0 Å². The summed E-state index contributed by atoms with van der Waals surface area (Å²) in [6, 6.07) is 0. The summed E-state index contributed by atoms with van der Waals surface area (Å²) < 4.78 is 0. The molecule has 0 aromatic heterocycles. The van der Waals surface area contributed by atoms with Crippen molar-refractivity contribution >= 4 is 0 Å². The Hall–Kier alpha value is -0.0800. The second-order valence-electron chi connectivity index (χ2n) is 12.9. The van der Waals surface area contributed by atoms with Gasteiger partial charge in [-0.1, -0.05) is 53.9 Å². The van der Waals surface area contributed by atoms with Crippen LogP contribution in [0.3, 0.4) is 0 Å². The smallest absolute Gasteiger partial charge is 0.0622 e. The van der Waals surface area contributed by atoms with Crippen LogP contribution < -0.4 is 0 Å². The predicted molar refractivity (Wildman–Crippen MR) is 137 cm³/mol. The molecule has 5 rings (SSSR count). The first-order valence-corrected chi connectivity index (χ1v) is 14.6. The fourth-order valence-electron chi connectivity index (χ4n) is 8.73. The highest BCUT2D eigenvalue weighted by atomic mass is 16.3. The van der Waals surface area contributed by atoms with Gasteiger partial charge in [0, 0.05) is 0 Å². The molecule has 5 aliphatic rings. The number of aliphatic hydroxyl groups is 2. The summed E-state index contributed by atoms with van der Waals surface area (Å²) in [5, 5.41) is 18.8. The maximum Gasteiger partial charge on any atom is 0.0622 e. The van der Waals surface area contributed by atoms with Gasteiger partial charge in [0.25, 0.3) is 0 Å². The molecule has 0 amide bonds. The van der Waals surface area contributed by atoms with Crippen molar-refractivity contribution in [3.63, 3.8) is 0 Å². The fraction of sp³-hybridized carbons (Fsp3) is 1.00. The van der Waals surface area contributed by atoms with Gasteiger partial charge in [0.2, 0.25) is 0 Å². The summed E-state index contributed by atoms with van der Waals surface area (Å²) in [6.45, 7) is 13.7. The minimum atomic E-state index is -0.391. The van der Waals surface area contributed by atoms with Crippen LogP contribution in [0.25, 0.3) is 0 Å². The first kappa shape index (κ1) is 26.5. The van der Waals surface area contributed by atoms with Crippen LogP contribution in [0.5, 0.6) is 0 Å². The molecule has 2 nitrogen and oxygen atoms in total. The van der Waals surface area contributed by atoms with Crippen LogP contribution in [-0.4, -0.2) is 21.9 Å². The zero-order valence-electron chi connectivity index (χ0n) is 22.5. The second-order valence-corrected chi connectivity index (χ2v) is 12.9. The Kier molecular flexibility index (Phi) is 8.85. The van der Waals surface area contributed by atoms with E-state index in [4.69, 9.17) is 5.11 Å². The van der Waals surface area contributed by atoms with Crippen molar-refractivity contribution in [3.05, 3.63) is 0 Å². The maximum absolute atomic E-state index is 10.7. The molecule has 0 heterocycles. The zero-order chi connectivity index (χ0) is 23.6. The first-order valence-electron chi connectivity index (χ1n) is 14.6. The average Bonchev–Trinajstić information content (AvgIpc) is 3.48. The second kappa shape index (κ2) is 10.7. The third-order valence-corrected chi connectivity index (χ3v) is 10.9. The molecule has 32 heavy (non-hydrogen) atoms. The Balaban J connectivity index is 0.000000426. The van der Waals surface area contributed by atoms with Gasteiger partial charge in [-0.3, -0.25) is 0 Å². The van der Waals surface area contributed by atoms with E-state index < -0.39 is 5.60 Å². The molecule has 5 aliphatic carbocycles. The Labute approximate surface area is 200 Å². The lowest BCUT2D eigenvalue weighted by Crippen LogP contribution is -2.55. The van der Waals surface area contributed by atoms with Crippen molar-refractivity contribution in [2.24, 2.45) is 40.4 Å². The molecule has 188 valence electrons. The van der Waals surface area contributed by atoms with Gasteiger partial charge in [0.05, 0.1) is 11.7 Å². The summed E-state index contributed by atoms with van der Waals surface area (Å²) >= 11 is 0. The summed E-state index contributed by atoms with van der Waals surface area (Å²) in [5.74, 6) is 4.74. The van der Waals surface area contributed by atoms with Crippen molar-refractivity contribution in [1.82, 2.24) is 0 Å². The number of aliphatic hydroxyl groups excluding tert-OH is 1. The lowest BCUT2D eigenvalue weighted by molar-refractivity contribution is -0.146. The van der Waals surface area contributed by atoms with Gasteiger partial charge < -0.3 is 10.2 Å². The third kappa shape index (κ3) is 5.42. The van der Waals surface area contributed by atoms with Gasteiger partial charge in [-0.2, -0.15) is 0 Å². The molecule has 0 saturated heterocycles. The standard InChI is InChI=1S/C25H44O.C3H6O.C2H6/c1-5-6-7-8-18-10-12-21-20-11-9-19-17-23(2,26)15-16-25(19,4)22(20)13-14-24(18,21)3;4-3-1-2-3;1-2/h18-22,26H,5-17H2,1-4H3;3-4H,1-2H2;1-2H3/t18-,19?,20-,21?,22-,23-,24?,25?;;/m0../s1. The van der Waals surface area contributed by atoms with E-state index in [1.807, 2.05) is 13.8 Å². The molecule has 0 bridgehead atoms. The molecule has 0 spiro atoms. The molecule has 0 radical (unpaired) electrons. The van der Waals surface area contributed by atoms with E-state index in [2.05, 4.69) is 27.7 Å². The van der Waals surface area contributed by atoms with E-state index in [1.165, 1.54) is 70.6 Å². The maximum atomic E-state index is 10.7. The number of hydrogen-bond acceptors (Lipinski definition) is 2. The number of rotatable bonds is 4. The zero-order valence-corrected chi connectivity index (χ0v) is 22.5. The molecule has 4 unspecified atom stereocenters. The monoisotopic (exact) mass is 448 g/mol. The Morgan fingerprint density at radius 3 is 2.03 bits per heavy atom. The topological polar surface area (TPSA) is 40.5 Å². The molecule has 0 aliphatic heterocycles. The van der Waals surface area contributed by atoms with E-state index >= 15 is 0 Å². The van der Waals surface area contributed by atoms with Gasteiger partial charge in [-0.15, -0.1) is 0 Å². The lowest BCUT2D eigenvalue weighted by Gasteiger charge is -2.62. The van der Waals surface area contributed by atoms with Gasteiger partial charge in [-0.25, -0.2) is 0 Å². The van der Waals surface area contributed by atoms with Crippen molar-refractivity contribution in [3.8, 4) is 0 Å². The van der Waals surface area contributed by atoms with E-state index in [0.29, 0.717) is 10.8 Å². The minimum absolute atomic E-state index is 0.0833. The van der Waals surface area contributed by atoms with E-state index in [0.717, 1.165) is 55.3 Å². The Morgan fingerprint density at radius 1 is 0.750 bits per heavy atom. The number of fused-ring (bicyclic) bond motifs is 5. The van der Waals surface area contributed by atoms with Crippen molar-refractivity contribution in [1.29, 1.82) is 0 Å². The number of unbranched alkanes of at least 4 members (excludes halogenated alkanes) is 2. The van der Waals surface area contributed by atoms with Crippen molar-refractivity contribution in [2.75, 3.05) is 0 Å². The van der Waals surface area contributed by atoms with Gasteiger partial charge in [0.1, 0.15) is 0 Å². The van der Waals surface area contributed by atoms with Crippen molar-refractivity contribution in [2.45, 2.75) is 150 Å². The van der Waals surface area contributed by atoms with Gasteiger partial charge in [-0.05, 0) is 124 Å². The summed E-state index contributed by atoms with van der Waals surface area (Å²) in [4.78, 5) is 0. The molecule has 5 saturated carbocycles. The largest absolute Gasteiger partial charge is 0.393 e. The molecule has 0 aromatic carbocycles. The molecule has 5 fully saturated rings. The van der Waals surface area contributed by atoms with E-state index in [1.54, 1.807) is 0 Å². The first-order chi connectivity index (χ1) is 15.2. The Bertz CT molecular complexity index is 581. The molecule has 8 atom stereocenters. The van der Waals surface area contributed by atoms with E-state index in [-0.39, 0.29) is 6.10 Å². The molecule has 2 N–H and O–H groups in total. The normalized spacial score (nSPS) is 47.1. The Morgan fingerprint density at radius 2 is 1.41 bits per heavy atom. The summed E-state index contributed by atoms with van der Waals surface area (Å²) in [5.41, 5.74) is 0.781. The van der Waals surface area contributed by atoms with Gasteiger partial charge >= 0.3 is 0 Å². The van der Waals surface area contributed by atoms with Crippen LogP contribution in [0.4, 0.5) is 0 Å². The van der Waals surface area contributed by atoms with Crippen LogP contribution in [0, 0.1) is 40.4 Å².